The Morgan fingerprint density at radius 3 is 2.50 bits per heavy atom. The predicted molar refractivity (Wildman–Crippen MR) is 86.7 cm³/mol. The number of nitrogens with two attached hydrogens (primary N) is 1. The normalized spacial score (nSPS) is 12.0. The molecule has 3 rings (SSSR count). The maximum absolute atomic E-state index is 13.6. The number of hydrogen-bond donors (Lipinski definition) is 1. The molecule has 2 aromatic carbocycles. The van der Waals surface area contributed by atoms with Crippen molar-refractivity contribution >= 4 is 21.1 Å². The van der Waals surface area contributed by atoms with E-state index in [0.29, 0.717) is 29.0 Å². The van der Waals surface area contributed by atoms with Crippen LogP contribution in [0.4, 0.5) is 8.78 Å². The van der Waals surface area contributed by atoms with Crippen LogP contribution in [0, 0.1) is 11.6 Å². The lowest BCUT2D eigenvalue weighted by Crippen LogP contribution is -2.11. The highest BCUT2D eigenvalue weighted by atomic mass is 32.2. The molecule has 2 N–H and O–H groups in total. The van der Waals surface area contributed by atoms with Gasteiger partial charge in [0.05, 0.1) is 15.9 Å². The molecule has 0 amide bonds. The van der Waals surface area contributed by atoms with Crippen LogP contribution in [0.25, 0.3) is 22.4 Å². The zero-order chi connectivity index (χ0) is 17.5. The van der Waals surface area contributed by atoms with E-state index in [0.717, 1.165) is 18.6 Å². The first-order chi connectivity index (χ1) is 11.3. The number of halogens is 2. The Kier molecular flexibility index (Phi) is 4.10. The summed E-state index contributed by atoms with van der Waals surface area (Å²) in [6.45, 7) is 2.57. The van der Waals surface area contributed by atoms with Gasteiger partial charge in [0.15, 0.2) is 11.6 Å². The zero-order valence-electron chi connectivity index (χ0n) is 12.8. The summed E-state index contributed by atoms with van der Waals surface area (Å²) in [5.74, 6) is -1.46. The molecule has 0 fully saturated rings. The average molecular weight is 351 g/mol. The topological polar surface area (TPSA) is 78.0 Å². The SMILES string of the molecule is CCCn1c(-c2ccc(F)c(F)c2)nc2cc(S(N)(=O)=O)ccc21. The van der Waals surface area contributed by atoms with Crippen LogP contribution in [0.15, 0.2) is 41.3 Å². The molecule has 126 valence electrons. The number of hydrogen-bond acceptors (Lipinski definition) is 3. The van der Waals surface area contributed by atoms with Gasteiger partial charge in [-0.25, -0.2) is 27.3 Å². The molecular weight excluding hydrogens is 336 g/mol. The van der Waals surface area contributed by atoms with Gasteiger partial charge in [-0.3, -0.25) is 0 Å². The number of nitrogens with zero attached hydrogens (tertiary/aromatic N) is 2. The van der Waals surface area contributed by atoms with Crippen LogP contribution in [0.2, 0.25) is 0 Å². The van der Waals surface area contributed by atoms with Gasteiger partial charge in [0.1, 0.15) is 5.82 Å². The Bertz CT molecular complexity index is 1030. The summed E-state index contributed by atoms with van der Waals surface area (Å²) >= 11 is 0. The Morgan fingerprint density at radius 2 is 1.88 bits per heavy atom. The highest BCUT2D eigenvalue weighted by Gasteiger charge is 2.16. The summed E-state index contributed by atoms with van der Waals surface area (Å²) in [4.78, 5) is 4.35. The van der Waals surface area contributed by atoms with Crippen LogP contribution in [-0.4, -0.2) is 18.0 Å². The second kappa shape index (κ2) is 5.95. The van der Waals surface area contributed by atoms with Crippen LogP contribution >= 0.6 is 0 Å². The van der Waals surface area contributed by atoms with Gasteiger partial charge in [-0.1, -0.05) is 6.92 Å². The molecule has 0 aliphatic carbocycles. The summed E-state index contributed by atoms with van der Waals surface area (Å²) in [5, 5.41) is 5.15. The predicted octanol–water partition coefficient (Wildman–Crippen LogP) is 3.04. The third kappa shape index (κ3) is 2.90. The molecule has 0 spiro atoms. The Labute approximate surface area is 137 Å². The van der Waals surface area contributed by atoms with E-state index in [-0.39, 0.29) is 4.90 Å². The van der Waals surface area contributed by atoms with Crippen molar-refractivity contribution in [2.75, 3.05) is 0 Å². The Morgan fingerprint density at radius 1 is 1.12 bits per heavy atom. The Hall–Kier alpha value is -2.32. The van der Waals surface area contributed by atoms with Crippen molar-refractivity contribution in [1.82, 2.24) is 9.55 Å². The highest BCUT2D eigenvalue weighted by Crippen LogP contribution is 2.27. The minimum Gasteiger partial charge on any atom is -0.324 e. The first-order valence-corrected chi connectivity index (χ1v) is 8.84. The number of aromatic nitrogens is 2. The van der Waals surface area contributed by atoms with Crippen LogP contribution in [0.5, 0.6) is 0 Å². The van der Waals surface area contributed by atoms with Gasteiger partial charge in [0, 0.05) is 12.1 Å². The molecule has 0 saturated heterocycles. The third-order valence-corrected chi connectivity index (χ3v) is 4.58. The second-order valence-electron chi connectivity index (χ2n) is 5.41. The van der Waals surface area contributed by atoms with Crippen molar-refractivity contribution in [3.05, 3.63) is 48.0 Å². The molecule has 0 bridgehead atoms. The highest BCUT2D eigenvalue weighted by molar-refractivity contribution is 7.89. The van der Waals surface area contributed by atoms with Crippen LogP contribution in [-0.2, 0) is 16.6 Å². The number of imidazole rings is 1. The molecule has 0 atom stereocenters. The molecule has 8 heteroatoms. The van der Waals surface area contributed by atoms with Crippen molar-refractivity contribution in [3.8, 4) is 11.4 Å². The van der Waals surface area contributed by atoms with E-state index < -0.39 is 21.7 Å². The Balaban J connectivity index is 2.26. The smallest absolute Gasteiger partial charge is 0.238 e. The zero-order valence-corrected chi connectivity index (χ0v) is 13.6. The quantitative estimate of drug-likeness (QED) is 0.785. The molecule has 0 aliphatic rings. The molecule has 0 saturated carbocycles. The summed E-state index contributed by atoms with van der Waals surface area (Å²) in [5.41, 5.74) is 1.54. The minimum absolute atomic E-state index is 0.0482. The second-order valence-corrected chi connectivity index (χ2v) is 6.97. The number of aryl methyl sites for hydroxylation is 1. The van der Waals surface area contributed by atoms with Crippen molar-refractivity contribution < 1.29 is 17.2 Å². The maximum Gasteiger partial charge on any atom is 0.238 e. The van der Waals surface area contributed by atoms with E-state index in [1.54, 1.807) is 6.07 Å². The van der Waals surface area contributed by atoms with E-state index >= 15 is 0 Å². The molecule has 5 nitrogen and oxygen atoms in total. The van der Waals surface area contributed by atoms with Crippen molar-refractivity contribution in [3.63, 3.8) is 0 Å². The lowest BCUT2D eigenvalue weighted by Gasteiger charge is -2.08. The van der Waals surface area contributed by atoms with Gasteiger partial charge in [-0.2, -0.15) is 0 Å². The first-order valence-electron chi connectivity index (χ1n) is 7.29. The molecule has 0 aliphatic heterocycles. The monoisotopic (exact) mass is 351 g/mol. The van der Waals surface area contributed by atoms with Crippen LogP contribution in [0.3, 0.4) is 0 Å². The lowest BCUT2D eigenvalue weighted by molar-refractivity contribution is 0.509. The average Bonchev–Trinajstić information content (AvgIpc) is 2.88. The van der Waals surface area contributed by atoms with E-state index in [1.807, 2.05) is 11.5 Å². The molecule has 0 unspecified atom stereocenters. The first kappa shape index (κ1) is 16.5. The number of sulfonamides is 1. The number of fused-ring (bicyclic) bond motifs is 1. The fourth-order valence-corrected chi connectivity index (χ4v) is 3.13. The summed E-state index contributed by atoms with van der Waals surface area (Å²) < 4.78 is 51.6. The number of primary sulfonamides is 1. The van der Waals surface area contributed by atoms with Crippen LogP contribution < -0.4 is 5.14 Å². The van der Waals surface area contributed by atoms with Gasteiger partial charge < -0.3 is 4.57 Å². The molecule has 3 aromatic rings. The molecule has 1 aromatic heterocycles. The third-order valence-electron chi connectivity index (χ3n) is 3.67. The maximum atomic E-state index is 13.6. The summed E-state index contributed by atoms with van der Waals surface area (Å²) in [6.07, 6.45) is 0.791. The van der Waals surface area contributed by atoms with Gasteiger partial charge in [0.2, 0.25) is 10.0 Å². The lowest BCUT2D eigenvalue weighted by atomic mass is 10.2. The van der Waals surface area contributed by atoms with Gasteiger partial charge in [0.25, 0.3) is 0 Å². The standard InChI is InChI=1S/C16H15F2N3O2S/c1-2-7-21-15-6-4-11(24(19,22)23)9-14(15)20-16(21)10-3-5-12(17)13(18)8-10/h3-6,8-9H,2,7H2,1H3,(H2,19,22,23). The molecule has 0 radical (unpaired) electrons. The minimum atomic E-state index is -3.85. The summed E-state index contributed by atoms with van der Waals surface area (Å²) in [6, 6.07) is 7.94. The number of benzene rings is 2. The van der Waals surface area contributed by atoms with E-state index in [2.05, 4.69) is 4.98 Å². The molecule has 1 heterocycles. The van der Waals surface area contributed by atoms with Crippen molar-refractivity contribution in [2.24, 2.45) is 5.14 Å². The van der Waals surface area contributed by atoms with Gasteiger partial charge in [-0.15, -0.1) is 0 Å². The van der Waals surface area contributed by atoms with Gasteiger partial charge in [-0.05, 0) is 42.8 Å². The van der Waals surface area contributed by atoms with Crippen molar-refractivity contribution in [1.29, 1.82) is 0 Å². The van der Waals surface area contributed by atoms with Crippen molar-refractivity contribution in [2.45, 2.75) is 24.8 Å². The number of rotatable bonds is 4. The van der Waals surface area contributed by atoms with E-state index in [1.165, 1.54) is 18.2 Å². The summed E-state index contributed by atoms with van der Waals surface area (Å²) in [7, 11) is -3.85. The largest absolute Gasteiger partial charge is 0.324 e. The molecule has 24 heavy (non-hydrogen) atoms. The van der Waals surface area contributed by atoms with Gasteiger partial charge >= 0.3 is 0 Å². The van der Waals surface area contributed by atoms with E-state index in [4.69, 9.17) is 5.14 Å². The fourth-order valence-electron chi connectivity index (χ4n) is 2.59. The molecular formula is C16H15F2N3O2S. The fraction of sp³-hybridized carbons (Fsp3) is 0.188. The van der Waals surface area contributed by atoms with Crippen LogP contribution in [0.1, 0.15) is 13.3 Å². The van der Waals surface area contributed by atoms with E-state index in [9.17, 15) is 17.2 Å².